The van der Waals surface area contributed by atoms with Gasteiger partial charge in [0, 0.05) is 6.92 Å². The number of hydrogen-bond donors (Lipinski definition) is 3. The summed E-state index contributed by atoms with van der Waals surface area (Å²) >= 11 is 0. The van der Waals surface area contributed by atoms with Gasteiger partial charge in [-0.2, -0.15) is 0 Å². The molecule has 0 radical (unpaired) electrons. The van der Waals surface area contributed by atoms with E-state index in [-0.39, 0.29) is 12.5 Å². The molecule has 2 bridgehead atoms. The van der Waals surface area contributed by atoms with Crippen LogP contribution in [0, 0.1) is 0 Å². The molecule has 1 amide bonds. The van der Waals surface area contributed by atoms with Gasteiger partial charge < -0.3 is 29.7 Å². The fraction of sp³-hybridized carbons (Fsp3) is 0.818. The summed E-state index contributed by atoms with van der Waals surface area (Å²) in [5.41, 5.74) is 0. The standard InChI is InChI=1S/C11H17NO7/c1-4(10(15)16)18-9-7(12-5(2)13)11-17-3-6(19-11)8(9)14/h4,6-9,11,14H,3H2,1-2H3,(H,12,13)(H,15,16)/t4-,6?,7?,8?,9?,11-/m1/s1. The molecule has 2 rings (SSSR count). The number of carbonyl (C=O) groups excluding carboxylic acids is 1. The van der Waals surface area contributed by atoms with Crippen molar-refractivity contribution in [3.8, 4) is 0 Å². The third-order valence-corrected chi connectivity index (χ3v) is 3.18. The van der Waals surface area contributed by atoms with Gasteiger partial charge in [0.15, 0.2) is 12.4 Å². The first kappa shape index (κ1) is 14.2. The number of hydrogen-bond acceptors (Lipinski definition) is 6. The van der Waals surface area contributed by atoms with Crippen LogP contribution < -0.4 is 5.32 Å². The summed E-state index contributed by atoms with van der Waals surface area (Å²) in [6.45, 7) is 2.85. The zero-order chi connectivity index (χ0) is 14.2. The monoisotopic (exact) mass is 275 g/mol. The minimum Gasteiger partial charge on any atom is -0.479 e. The van der Waals surface area contributed by atoms with E-state index in [1.807, 2.05) is 0 Å². The number of nitrogens with one attached hydrogen (secondary N) is 1. The zero-order valence-corrected chi connectivity index (χ0v) is 10.6. The van der Waals surface area contributed by atoms with Crippen LogP contribution in [0.3, 0.4) is 0 Å². The van der Waals surface area contributed by atoms with Gasteiger partial charge in [-0.05, 0) is 6.92 Å². The molecule has 8 heteroatoms. The van der Waals surface area contributed by atoms with Crippen LogP contribution in [0.1, 0.15) is 13.8 Å². The molecule has 0 aromatic rings. The van der Waals surface area contributed by atoms with Gasteiger partial charge in [-0.25, -0.2) is 4.79 Å². The second-order valence-electron chi connectivity index (χ2n) is 4.67. The fourth-order valence-electron chi connectivity index (χ4n) is 2.23. The summed E-state index contributed by atoms with van der Waals surface area (Å²) in [4.78, 5) is 22.0. The number of ether oxygens (including phenoxy) is 3. The van der Waals surface area contributed by atoms with E-state index in [9.17, 15) is 14.7 Å². The van der Waals surface area contributed by atoms with Crippen LogP contribution in [-0.2, 0) is 23.8 Å². The predicted octanol–water partition coefficient (Wildman–Crippen LogP) is -1.53. The second kappa shape index (κ2) is 5.41. The highest BCUT2D eigenvalue weighted by molar-refractivity contribution is 5.73. The maximum atomic E-state index is 11.2. The molecule has 3 N–H and O–H groups in total. The Kier molecular flexibility index (Phi) is 4.04. The number of aliphatic carboxylic acids is 1. The molecule has 108 valence electrons. The van der Waals surface area contributed by atoms with Crippen molar-refractivity contribution in [2.24, 2.45) is 0 Å². The Hall–Kier alpha value is -1.22. The van der Waals surface area contributed by atoms with Gasteiger partial charge in [0.2, 0.25) is 5.91 Å². The van der Waals surface area contributed by atoms with Gasteiger partial charge in [0.05, 0.1) is 6.61 Å². The molecule has 8 nitrogen and oxygen atoms in total. The fourth-order valence-corrected chi connectivity index (χ4v) is 2.23. The van der Waals surface area contributed by atoms with E-state index in [0.29, 0.717) is 0 Å². The molecular weight excluding hydrogens is 258 g/mol. The molecule has 2 saturated heterocycles. The Morgan fingerprint density at radius 2 is 2.16 bits per heavy atom. The highest BCUT2D eigenvalue weighted by Crippen LogP contribution is 2.30. The minimum absolute atomic E-state index is 0.184. The quantitative estimate of drug-likeness (QED) is 0.570. The zero-order valence-electron chi connectivity index (χ0n) is 10.6. The highest BCUT2D eigenvalue weighted by atomic mass is 16.7. The van der Waals surface area contributed by atoms with Crippen molar-refractivity contribution in [1.82, 2.24) is 5.32 Å². The van der Waals surface area contributed by atoms with Crippen molar-refractivity contribution in [3.63, 3.8) is 0 Å². The summed E-state index contributed by atoms with van der Waals surface area (Å²) in [7, 11) is 0. The highest BCUT2D eigenvalue weighted by Gasteiger charge is 2.51. The number of aliphatic hydroxyl groups excluding tert-OH is 1. The number of carbonyl (C=O) groups is 2. The van der Waals surface area contributed by atoms with Gasteiger partial charge in [-0.1, -0.05) is 0 Å². The van der Waals surface area contributed by atoms with Crippen molar-refractivity contribution < 1.29 is 34.0 Å². The number of carboxylic acids is 1. The topological polar surface area (TPSA) is 114 Å². The van der Waals surface area contributed by atoms with Gasteiger partial charge in [-0.3, -0.25) is 4.79 Å². The number of amides is 1. The third kappa shape index (κ3) is 2.86. The van der Waals surface area contributed by atoms with Gasteiger partial charge in [0.25, 0.3) is 0 Å². The molecular formula is C11H17NO7. The van der Waals surface area contributed by atoms with Gasteiger partial charge in [-0.15, -0.1) is 0 Å². The van der Waals surface area contributed by atoms with Crippen LogP contribution in [-0.4, -0.2) is 65.4 Å². The molecule has 4 unspecified atom stereocenters. The summed E-state index contributed by atoms with van der Waals surface area (Å²) in [5, 5.41) is 21.5. The molecule has 2 aliphatic rings. The van der Waals surface area contributed by atoms with Crippen molar-refractivity contribution in [3.05, 3.63) is 0 Å². The van der Waals surface area contributed by atoms with Crippen molar-refractivity contribution in [2.45, 2.75) is 50.6 Å². The Labute approximate surface area is 109 Å². The van der Waals surface area contributed by atoms with Crippen LogP contribution in [0.25, 0.3) is 0 Å². The van der Waals surface area contributed by atoms with Crippen LogP contribution in [0.5, 0.6) is 0 Å². The van der Waals surface area contributed by atoms with E-state index in [1.165, 1.54) is 13.8 Å². The number of rotatable bonds is 4. The van der Waals surface area contributed by atoms with E-state index in [1.54, 1.807) is 0 Å². The Morgan fingerprint density at radius 3 is 2.74 bits per heavy atom. The molecule has 19 heavy (non-hydrogen) atoms. The largest absolute Gasteiger partial charge is 0.479 e. The van der Waals surface area contributed by atoms with Crippen LogP contribution in [0.2, 0.25) is 0 Å². The number of carboxylic acid groups (broad SMARTS) is 1. The first-order valence-electron chi connectivity index (χ1n) is 6.00. The van der Waals surface area contributed by atoms with E-state index < -0.39 is 42.7 Å². The normalized spacial score (nSPS) is 38.8. The van der Waals surface area contributed by atoms with E-state index in [2.05, 4.69) is 5.32 Å². The second-order valence-corrected chi connectivity index (χ2v) is 4.67. The predicted molar refractivity (Wildman–Crippen MR) is 60.2 cm³/mol. The molecule has 0 aliphatic carbocycles. The Morgan fingerprint density at radius 1 is 1.47 bits per heavy atom. The third-order valence-electron chi connectivity index (χ3n) is 3.18. The lowest BCUT2D eigenvalue weighted by molar-refractivity contribution is -0.213. The van der Waals surface area contributed by atoms with Crippen LogP contribution in [0.15, 0.2) is 0 Å². The average Bonchev–Trinajstić information content (AvgIpc) is 2.76. The summed E-state index contributed by atoms with van der Waals surface area (Å²) in [6, 6.07) is -0.743. The maximum Gasteiger partial charge on any atom is 0.332 e. The van der Waals surface area contributed by atoms with E-state index in [4.69, 9.17) is 19.3 Å². The van der Waals surface area contributed by atoms with Crippen molar-refractivity contribution in [2.75, 3.05) is 6.61 Å². The maximum absolute atomic E-state index is 11.2. The summed E-state index contributed by atoms with van der Waals surface area (Å²) < 4.78 is 16.0. The SMILES string of the molecule is CC(=O)NC1C(O[C@H](C)C(=O)O)C(O)C2CO[C@@H]1O2. The lowest BCUT2D eigenvalue weighted by atomic mass is 9.98. The molecule has 0 aromatic carbocycles. The van der Waals surface area contributed by atoms with Crippen molar-refractivity contribution in [1.29, 1.82) is 0 Å². The lowest BCUT2D eigenvalue weighted by Crippen LogP contribution is -2.62. The Bertz CT molecular complexity index is 374. The minimum atomic E-state index is -1.14. The molecule has 2 aliphatic heterocycles. The molecule has 6 atom stereocenters. The Balaban J connectivity index is 2.14. The lowest BCUT2D eigenvalue weighted by Gasteiger charge is -2.39. The number of fused-ring (bicyclic) bond motifs is 2. The molecule has 2 fully saturated rings. The first-order valence-corrected chi connectivity index (χ1v) is 6.00. The number of aliphatic hydroxyl groups is 1. The van der Waals surface area contributed by atoms with Gasteiger partial charge in [0.1, 0.15) is 24.4 Å². The van der Waals surface area contributed by atoms with E-state index in [0.717, 1.165) is 0 Å². The summed E-state index contributed by atoms with van der Waals surface area (Å²) in [6.07, 6.45) is -4.35. The first-order chi connectivity index (χ1) is 8.90. The van der Waals surface area contributed by atoms with Gasteiger partial charge >= 0.3 is 5.97 Å². The molecule has 2 heterocycles. The summed E-state index contributed by atoms with van der Waals surface area (Å²) in [5.74, 6) is -1.49. The van der Waals surface area contributed by atoms with E-state index >= 15 is 0 Å². The van der Waals surface area contributed by atoms with Crippen molar-refractivity contribution >= 4 is 11.9 Å². The molecule has 0 spiro atoms. The molecule has 0 aromatic heterocycles. The van der Waals surface area contributed by atoms with Crippen LogP contribution in [0.4, 0.5) is 0 Å². The van der Waals surface area contributed by atoms with Crippen LogP contribution >= 0.6 is 0 Å². The average molecular weight is 275 g/mol. The smallest absolute Gasteiger partial charge is 0.332 e. The molecule has 0 saturated carbocycles.